The van der Waals surface area contributed by atoms with Crippen molar-refractivity contribution in [3.8, 4) is 0 Å². The Bertz CT molecular complexity index is 915. The second-order valence-electron chi connectivity index (χ2n) is 5.62. The quantitative estimate of drug-likeness (QED) is 0.891. The smallest absolute Gasteiger partial charge is 0.258 e. The fourth-order valence-corrected chi connectivity index (χ4v) is 4.40. The number of hydrogen-bond acceptors (Lipinski definition) is 4. The van der Waals surface area contributed by atoms with Gasteiger partial charge in [0.25, 0.3) is 5.56 Å². The van der Waals surface area contributed by atoms with Crippen LogP contribution < -0.4 is 10.9 Å². The molecule has 3 rings (SSSR count). The summed E-state index contributed by atoms with van der Waals surface area (Å²) in [6, 6.07) is 6.92. The highest BCUT2D eigenvalue weighted by Crippen LogP contribution is 2.21. The molecule has 1 fully saturated rings. The standard InChI is InChI=1S/C15H16N2O4S/c1-17-6-4-10-2-3-12(8-13(10)15(17)19)16-14(18)11-5-7-22(20,21)9-11/h2-4,6,8,11H,5,7,9H2,1H3,(H,16,18). The number of benzene rings is 1. The molecule has 6 nitrogen and oxygen atoms in total. The van der Waals surface area contributed by atoms with E-state index in [1.54, 1.807) is 31.4 Å². The summed E-state index contributed by atoms with van der Waals surface area (Å²) in [6.45, 7) is 0. The zero-order chi connectivity index (χ0) is 15.9. The molecule has 1 aromatic heterocycles. The third kappa shape index (κ3) is 2.76. The van der Waals surface area contributed by atoms with Gasteiger partial charge in [0.2, 0.25) is 5.91 Å². The number of nitrogens with one attached hydrogen (secondary N) is 1. The molecule has 1 unspecified atom stereocenters. The average molecular weight is 320 g/mol. The zero-order valence-electron chi connectivity index (χ0n) is 12.1. The molecule has 1 aromatic carbocycles. The number of pyridine rings is 1. The van der Waals surface area contributed by atoms with Crippen LogP contribution in [0.25, 0.3) is 10.8 Å². The molecule has 2 heterocycles. The normalized spacial score (nSPS) is 20.1. The van der Waals surface area contributed by atoms with Crippen molar-refractivity contribution in [3.63, 3.8) is 0 Å². The molecule has 0 radical (unpaired) electrons. The minimum Gasteiger partial charge on any atom is -0.326 e. The molecular weight excluding hydrogens is 304 g/mol. The minimum atomic E-state index is -3.09. The van der Waals surface area contributed by atoms with Gasteiger partial charge in [-0.3, -0.25) is 9.59 Å². The lowest BCUT2D eigenvalue weighted by Crippen LogP contribution is -2.24. The lowest BCUT2D eigenvalue weighted by molar-refractivity contribution is -0.119. The first-order chi connectivity index (χ1) is 10.4. The topological polar surface area (TPSA) is 85.2 Å². The number of carbonyl (C=O) groups excluding carboxylic acids is 1. The first kappa shape index (κ1) is 14.8. The monoisotopic (exact) mass is 320 g/mol. The zero-order valence-corrected chi connectivity index (χ0v) is 12.9. The number of anilines is 1. The lowest BCUT2D eigenvalue weighted by Gasteiger charge is -2.10. The van der Waals surface area contributed by atoms with E-state index in [-0.39, 0.29) is 23.0 Å². The van der Waals surface area contributed by atoms with Crippen LogP contribution in [0.5, 0.6) is 0 Å². The summed E-state index contributed by atoms with van der Waals surface area (Å²) in [7, 11) is -1.43. The molecule has 7 heteroatoms. The van der Waals surface area contributed by atoms with E-state index in [9.17, 15) is 18.0 Å². The summed E-state index contributed by atoms with van der Waals surface area (Å²) >= 11 is 0. The van der Waals surface area contributed by atoms with Crippen molar-refractivity contribution in [3.05, 3.63) is 40.8 Å². The van der Waals surface area contributed by atoms with Gasteiger partial charge in [-0.1, -0.05) is 6.07 Å². The van der Waals surface area contributed by atoms with E-state index in [1.165, 1.54) is 4.57 Å². The molecule has 0 saturated carbocycles. The highest BCUT2D eigenvalue weighted by Gasteiger charge is 2.32. The molecule has 1 aliphatic rings. The number of rotatable bonds is 2. The Morgan fingerprint density at radius 2 is 2.09 bits per heavy atom. The number of fused-ring (bicyclic) bond motifs is 1. The van der Waals surface area contributed by atoms with Crippen molar-refractivity contribution < 1.29 is 13.2 Å². The molecule has 0 spiro atoms. The summed E-state index contributed by atoms with van der Waals surface area (Å²) in [4.78, 5) is 24.2. The van der Waals surface area contributed by atoms with Gasteiger partial charge in [-0.25, -0.2) is 8.42 Å². The Kier molecular flexibility index (Phi) is 3.52. The summed E-state index contributed by atoms with van der Waals surface area (Å²) in [6.07, 6.45) is 2.04. The van der Waals surface area contributed by atoms with Crippen molar-refractivity contribution in [2.45, 2.75) is 6.42 Å². The predicted octanol–water partition coefficient (Wildman–Crippen LogP) is 0.912. The van der Waals surface area contributed by atoms with Gasteiger partial charge in [0.15, 0.2) is 9.84 Å². The first-order valence-electron chi connectivity index (χ1n) is 6.96. The van der Waals surface area contributed by atoms with Crippen molar-refractivity contribution in [2.24, 2.45) is 13.0 Å². The highest BCUT2D eigenvalue weighted by atomic mass is 32.2. The number of hydrogen-bond donors (Lipinski definition) is 1. The number of sulfone groups is 1. The van der Waals surface area contributed by atoms with Crippen LogP contribution in [-0.4, -0.2) is 30.4 Å². The lowest BCUT2D eigenvalue weighted by atomic mass is 10.1. The molecule has 0 bridgehead atoms. The van der Waals surface area contributed by atoms with Gasteiger partial charge in [-0.05, 0) is 30.0 Å². The van der Waals surface area contributed by atoms with E-state index < -0.39 is 15.8 Å². The molecule has 1 N–H and O–H groups in total. The van der Waals surface area contributed by atoms with E-state index >= 15 is 0 Å². The third-order valence-corrected chi connectivity index (χ3v) is 5.72. The van der Waals surface area contributed by atoms with Crippen LogP contribution in [0.4, 0.5) is 5.69 Å². The SMILES string of the molecule is Cn1ccc2ccc(NC(=O)C3CCS(=O)(=O)C3)cc2c1=O. The molecule has 2 aromatic rings. The van der Waals surface area contributed by atoms with Crippen molar-refractivity contribution in [1.29, 1.82) is 0 Å². The fourth-order valence-electron chi connectivity index (χ4n) is 2.66. The molecule has 116 valence electrons. The van der Waals surface area contributed by atoms with Crippen LogP contribution >= 0.6 is 0 Å². The maximum absolute atomic E-state index is 12.1. The summed E-state index contributed by atoms with van der Waals surface area (Å²) in [5, 5.41) is 4.02. The van der Waals surface area contributed by atoms with E-state index in [2.05, 4.69) is 5.32 Å². The van der Waals surface area contributed by atoms with E-state index in [4.69, 9.17) is 0 Å². The van der Waals surface area contributed by atoms with Crippen LogP contribution in [0, 0.1) is 5.92 Å². The number of nitrogens with zero attached hydrogens (tertiary/aromatic N) is 1. The Hall–Kier alpha value is -2.15. The molecule has 22 heavy (non-hydrogen) atoms. The summed E-state index contributed by atoms with van der Waals surface area (Å²) < 4.78 is 24.3. The van der Waals surface area contributed by atoms with Gasteiger partial charge < -0.3 is 9.88 Å². The Morgan fingerprint density at radius 3 is 2.77 bits per heavy atom. The average Bonchev–Trinajstić information content (AvgIpc) is 2.84. The maximum atomic E-state index is 12.1. The van der Waals surface area contributed by atoms with E-state index in [1.807, 2.05) is 6.07 Å². The molecule has 1 atom stereocenters. The van der Waals surface area contributed by atoms with Crippen LogP contribution in [0.1, 0.15) is 6.42 Å². The number of aromatic nitrogens is 1. The van der Waals surface area contributed by atoms with Gasteiger partial charge in [0.05, 0.1) is 17.4 Å². The van der Waals surface area contributed by atoms with Gasteiger partial charge in [0, 0.05) is 24.3 Å². The molecule has 1 amide bonds. The molecule has 1 aliphatic heterocycles. The van der Waals surface area contributed by atoms with Gasteiger partial charge >= 0.3 is 0 Å². The molecule has 0 aliphatic carbocycles. The van der Waals surface area contributed by atoms with Crippen LogP contribution in [-0.2, 0) is 21.7 Å². The van der Waals surface area contributed by atoms with E-state index in [0.717, 1.165) is 5.39 Å². The Morgan fingerprint density at radius 1 is 1.32 bits per heavy atom. The van der Waals surface area contributed by atoms with Gasteiger partial charge in [-0.2, -0.15) is 0 Å². The second kappa shape index (κ2) is 5.24. The van der Waals surface area contributed by atoms with Crippen LogP contribution in [0.15, 0.2) is 35.3 Å². The Labute approximate surface area is 127 Å². The largest absolute Gasteiger partial charge is 0.326 e. The maximum Gasteiger partial charge on any atom is 0.258 e. The fraction of sp³-hybridized carbons (Fsp3) is 0.333. The molecular formula is C15H16N2O4S. The highest BCUT2D eigenvalue weighted by molar-refractivity contribution is 7.91. The van der Waals surface area contributed by atoms with E-state index in [0.29, 0.717) is 17.5 Å². The van der Waals surface area contributed by atoms with Gasteiger partial charge in [-0.15, -0.1) is 0 Å². The second-order valence-corrected chi connectivity index (χ2v) is 7.85. The number of carbonyl (C=O) groups is 1. The molecule has 1 saturated heterocycles. The van der Waals surface area contributed by atoms with Crippen LogP contribution in [0.2, 0.25) is 0 Å². The first-order valence-corrected chi connectivity index (χ1v) is 8.78. The summed E-state index contributed by atoms with van der Waals surface area (Å²) in [5.74, 6) is -0.871. The minimum absolute atomic E-state index is 0.0589. The third-order valence-electron chi connectivity index (χ3n) is 3.95. The Balaban J connectivity index is 1.87. The van der Waals surface area contributed by atoms with Crippen molar-refractivity contribution in [1.82, 2.24) is 4.57 Å². The predicted molar refractivity (Wildman–Crippen MR) is 84.6 cm³/mol. The van der Waals surface area contributed by atoms with Crippen LogP contribution in [0.3, 0.4) is 0 Å². The van der Waals surface area contributed by atoms with Crippen molar-refractivity contribution >= 4 is 32.2 Å². The summed E-state index contributed by atoms with van der Waals surface area (Å²) in [5.41, 5.74) is 0.363. The van der Waals surface area contributed by atoms with Crippen molar-refractivity contribution in [2.75, 3.05) is 16.8 Å². The van der Waals surface area contributed by atoms with Gasteiger partial charge in [0.1, 0.15) is 0 Å². The number of aryl methyl sites for hydroxylation is 1. The number of amides is 1.